The number of aryl methyl sites for hydroxylation is 1. The molecule has 0 aliphatic carbocycles. The number of rotatable bonds is 15. The first-order valence-corrected chi connectivity index (χ1v) is 12.4. The van der Waals surface area contributed by atoms with Crippen molar-refractivity contribution in [3.63, 3.8) is 0 Å². The van der Waals surface area contributed by atoms with Crippen molar-refractivity contribution in [2.75, 3.05) is 20.3 Å². The van der Waals surface area contributed by atoms with Crippen LogP contribution in [0.4, 0.5) is 0 Å². The molecule has 4 atom stereocenters. The van der Waals surface area contributed by atoms with Crippen LogP contribution >= 0.6 is 0 Å². The number of amides is 3. The number of hydrogen-bond donors (Lipinski definition) is 4. The fraction of sp³-hybridized carbons (Fsp3) is 0.615. The number of nitrogens with zero attached hydrogens (tertiary/aromatic N) is 1. The topological polar surface area (TPSA) is 165 Å². The third kappa shape index (κ3) is 9.67. The van der Waals surface area contributed by atoms with Gasteiger partial charge in [0.2, 0.25) is 17.7 Å². The number of hydrogen-bond acceptors (Lipinski definition) is 8. The molecule has 0 aliphatic rings. The van der Waals surface area contributed by atoms with Crippen molar-refractivity contribution in [1.82, 2.24) is 10.2 Å². The molecule has 0 aliphatic heterocycles. The lowest BCUT2D eigenvalue weighted by molar-refractivity contribution is -0.163. The van der Waals surface area contributed by atoms with E-state index in [4.69, 9.17) is 16.2 Å². The minimum Gasteiger partial charge on any atom is -0.467 e. The van der Waals surface area contributed by atoms with Crippen LogP contribution in [-0.2, 0) is 30.3 Å². The Morgan fingerprint density at radius 3 is 2.19 bits per heavy atom. The number of aliphatic hydroxyl groups excluding tert-OH is 1. The number of nitrogens with one attached hydrogen (secondary N) is 1. The van der Waals surface area contributed by atoms with Crippen molar-refractivity contribution in [3.05, 3.63) is 35.9 Å². The lowest BCUT2D eigenvalue weighted by atomic mass is 9.95. The van der Waals surface area contributed by atoms with E-state index < -0.39 is 60.3 Å². The highest BCUT2D eigenvalue weighted by Crippen LogP contribution is 2.19. The molecule has 0 radical (unpaired) electrons. The Morgan fingerprint density at radius 2 is 1.67 bits per heavy atom. The van der Waals surface area contributed by atoms with E-state index in [2.05, 4.69) is 5.32 Å². The minimum atomic E-state index is -1.34. The molecule has 0 saturated heterocycles. The summed E-state index contributed by atoms with van der Waals surface area (Å²) < 4.78 is 4.87. The zero-order valence-electron chi connectivity index (χ0n) is 21.8. The van der Waals surface area contributed by atoms with Gasteiger partial charge in [-0.05, 0) is 37.7 Å². The first-order valence-electron chi connectivity index (χ1n) is 12.4. The molecule has 3 unspecified atom stereocenters. The Kier molecular flexibility index (Phi) is 13.9. The third-order valence-corrected chi connectivity index (χ3v) is 6.04. The van der Waals surface area contributed by atoms with Crippen molar-refractivity contribution >= 4 is 23.7 Å². The van der Waals surface area contributed by atoms with E-state index in [1.54, 1.807) is 13.8 Å². The maximum Gasteiger partial charge on any atom is 0.329 e. The van der Waals surface area contributed by atoms with Crippen molar-refractivity contribution in [1.29, 1.82) is 0 Å². The van der Waals surface area contributed by atoms with Gasteiger partial charge in [-0.3, -0.25) is 19.3 Å². The smallest absolute Gasteiger partial charge is 0.329 e. The molecule has 0 saturated carbocycles. The molecule has 202 valence electrons. The van der Waals surface area contributed by atoms with Gasteiger partial charge in [0.05, 0.1) is 19.2 Å². The van der Waals surface area contributed by atoms with Crippen LogP contribution in [0.15, 0.2) is 30.3 Å². The van der Waals surface area contributed by atoms with E-state index >= 15 is 0 Å². The maximum absolute atomic E-state index is 13.4. The zero-order valence-corrected chi connectivity index (χ0v) is 21.8. The number of ether oxygens (including phenoxy) is 1. The Hall–Kier alpha value is -2.82. The number of methoxy groups -OCH3 is 1. The van der Waals surface area contributed by atoms with Crippen LogP contribution in [-0.4, -0.2) is 72.1 Å². The molecule has 0 aromatic heterocycles. The quantitative estimate of drug-likeness (QED) is 0.200. The summed E-state index contributed by atoms with van der Waals surface area (Å²) in [6.45, 7) is 4.27. The van der Waals surface area contributed by atoms with E-state index in [0.717, 1.165) is 24.2 Å². The lowest BCUT2D eigenvalue weighted by Crippen LogP contribution is -2.59. The standard InChI is InChI=1S/C26H42N4O6/c1-17(2)23(26(35)36-4)30(21(32)14-10-6-9-13-19-11-7-5-8-12-19)25(34)22(28)20(16-31)15-29-24(33)18(3)27/h5,7-8,11-12,17-18,20,22-23,31H,6,9-10,13-16,27-28H2,1-4H3,(H,29,33)/t18-,20?,22?,23?/m0/s1. The lowest BCUT2D eigenvalue weighted by Gasteiger charge is -2.34. The molecule has 36 heavy (non-hydrogen) atoms. The Bertz CT molecular complexity index is 846. The van der Waals surface area contributed by atoms with Gasteiger partial charge in [0.25, 0.3) is 0 Å². The first kappa shape index (κ1) is 31.2. The highest BCUT2D eigenvalue weighted by atomic mass is 16.5. The highest BCUT2D eigenvalue weighted by Gasteiger charge is 2.41. The molecule has 10 nitrogen and oxygen atoms in total. The Labute approximate surface area is 213 Å². The molecular formula is C26H42N4O6. The average molecular weight is 507 g/mol. The number of nitrogens with two attached hydrogens (primary N) is 2. The predicted octanol–water partition coefficient (Wildman–Crippen LogP) is 0.742. The molecule has 1 rings (SSSR count). The van der Waals surface area contributed by atoms with Crippen molar-refractivity contribution in [2.45, 2.75) is 71.0 Å². The number of esters is 1. The van der Waals surface area contributed by atoms with Crippen molar-refractivity contribution < 1.29 is 29.0 Å². The van der Waals surface area contributed by atoms with Gasteiger partial charge in [-0.2, -0.15) is 0 Å². The molecule has 3 amide bonds. The van der Waals surface area contributed by atoms with Gasteiger partial charge < -0.3 is 26.6 Å². The number of benzene rings is 1. The highest BCUT2D eigenvalue weighted by molar-refractivity contribution is 6.01. The van der Waals surface area contributed by atoms with E-state index in [9.17, 15) is 24.3 Å². The Morgan fingerprint density at radius 1 is 1.03 bits per heavy atom. The second kappa shape index (κ2) is 16.0. The van der Waals surface area contributed by atoms with Gasteiger partial charge in [-0.25, -0.2) is 4.79 Å². The number of imide groups is 1. The molecule has 6 N–H and O–H groups in total. The zero-order chi connectivity index (χ0) is 27.3. The fourth-order valence-corrected chi connectivity index (χ4v) is 3.82. The van der Waals surface area contributed by atoms with Gasteiger partial charge in [-0.1, -0.05) is 50.6 Å². The minimum absolute atomic E-state index is 0.0542. The molecule has 10 heteroatoms. The second-order valence-corrected chi connectivity index (χ2v) is 9.36. The van der Waals surface area contributed by atoms with Gasteiger partial charge in [0.1, 0.15) is 6.04 Å². The number of carbonyl (C=O) groups is 4. The summed E-state index contributed by atoms with van der Waals surface area (Å²) in [6, 6.07) is 6.73. The summed E-state index contributed by atoms with van der Waals surface area (Å²) in [5, 5.41) is 12.3. The molecule has 0 spiro atoms. The van der Waals surface area contributed by atoms with Gasteiger partial charge in [0, 0.05) is 25.5 Å². The first-order chi connectivity index (χ1) is 17.0. The van der Waals surface area contributed by atoms with Crippen LogP contribution in [0.1, 0.15) is 52.0 Å². The van der Waals surface area contributed by atoms with E-state index in [1.807, 2.05) is 30.3 Å². The summed E-state index contributed by atoms with van der Waals surface area (Å²) in [6.07, 6.45) is 3.11. The number of unbranched alkanes of at least 4 members (excludes halogenated alkanes) is 2. The summed E-state index contributed by atoms with van der Waals surface area (Å²) in [5.74, 6) is -3.84. The molecule has 1 aromatic rings. The van der Waals surface area contributed by atoms with Crippen LogP contribution in [0.3, 0.4) is 0 Å². The number of aliphatic hydroxyl groups is 1. The molecule has 0 heterocycles. The molecule has 1 aromatic carbocycles. The van der Waals surface area contributed by atoms with E-state index in [-0.39, 0.29) is 13.0 Å². The number of carbonyl (C=O) groups excluding carboxylic acids is 4. The second-order valence-electron chi connectivity index (χ2n) is 9.36. The van der Waals surface area contributed by atoms with E-state index in [1.165, 1.54) is 19.6 Å². The summed E-state index contributed by atoms with van der Waals surface area (Å²) in [4.78, 5) is 51.9. The predicted molar refractivity (Wildman–Crippen MR) is 136 cm³/mol. The average Bonchev–Trinajstić information content (AvgIpc) is 2.86. The maximum atomic E-state index is 13.4. The van der Waals surface area contributed by atoms with Gasteiger partial charge in [0.15, 0.2) is 0 Å². The third-order valence-electron chi connectivity index (χ3n) is 6.04. The van der Waals surface area contributed by atoms with Crippen LogP contribution < -0.4 is 16.8 Å². The largest absolute Gasteiger partial charge is 0.467 e. The van der Waals surface area contributed by atoms with E-state index in [0.29, 0.717) is 6.42 Å². The van der Waals surface area contributed by atoms with Crippen LogP contribution in [0.2, 0.25) is 0 Å². The summed E-state index contributed by atoms with van der Waals surface area (Å²) >= 11 is 0. The normalized spacial score (nSPS) is 14.4. The summed E-state index contributed by atoms with van der Waals surface area (Å²) in [5.41, 5.74) is 12.9. The van der Waals surface area contributed by atoms with Crippen LogP contribution in [0.25, 0.3) is 0 Å². The van der Waals surface area contributed by atoms with Gasteiger partial charge >= 0.3 is 5.97 Å². The summed E-state index contributed by atoms with van der Waals surface area (Å²) in [7, 11) is 1.19. The molecule has 0 fully saturated rings. The Balaban J connectivity index is 2.95. The SMILES string of the molecule is COC(=O)C(C(C)C)N(C(=O)CCCCCc1ccccc1)C(=O)C(N)C(CO)CNC(=O)[C@H](C)N. The molecule has 0 bridgehead atoms. The molecular weight excluding hydrogens is 464 g/mol. The van der Waals surface area contributed by atoms with Crippen LogP contribution in [0.5, 0.6) is 0 Å². The van der Waals surface area contributed by atoms with Crippen molar-refractivity contribution in [2.24, 2.45) is 23.3 Å². The fourth-order valence-electron chi connectivity index (χ4n) is 3.82. The van der Waals surface area contributed by atoms with Crippen LogP contribution in [0, 0.1) is 11.8 Å². The van der Waals surface area contributed by atoms with Gasteiger partial charge in [-0.15, -0.1) is 0 Å². The van der Waals surface area contributed by atoms with Crippen molar-refractivity contribution in [3.8, 4) is 0 Å². The monoisotopic (exact) mass is 506 g/mol.